The number of hydrogen-bond donors (Lipinski definition) is 0. The van der Waals surface area contributed by atoms with Gasteiger partial charge in [-0.25, -0.2) is 15.0 Å². The maximum atomic E-state index is 4.77. The molecule has 0 fully saturated rings. The Kier molecular flexibility index (Phi) is 4.31. The van der Waals surface area contributed by atoms with E-state index in [1.54, 1.807) is 0 Å². The van der Waals surface area contributed by atoms with Gasteiger partial charge in [0.05, 0.1) is 5.41 Å². The van der Waals surface area contributed by atoms with Crippen molar-refractivity contribution in [2.75, 3.05) is 0 Å². The zero-order valence-corrected chi connectivity index (χ0v) is 19.9. The number of aromatic nitrogens is 3. The summed E-state index contributed by atoms with van der Waals surface area (Å²) >= 11 is 0. The average Bonchev–Trinajstić information content (AvgIpc) is 3.36. The van der Waals surface area contributed by atoms with Crippen LogP contribution < -0.4 is 0 Å². The fourth-order valence-corrected chi connectivity index (χ4v) is 6.37. The summed E-state index contributed by atoms with van der Waals surface area (Å²) in [6, 6.07) is 33.6. The molecule has 35 heavy (non-hydrogen) atoms. The molecule has 0 aliphatic heterocycles. The highest BCUT2D eigenvalue weighted by Crippen LogP contribution is 2.63. The van der Waals surface area contributed by atoms with Crippen molar-refractivity contribution in [1.29, 1.82) is 0 Å². The first-order valence-corrected chi connectivity index (χ1v) is 12.3. The number of rotatable bonds is 3. The molecule has 0 saturated heterocycles. The smallest absolute Gasteiger partial charge is 0.137 e. The molecule has 0 bridgehead atoms. The van der Waals surface area contributed by atoms with Crippen molar-refractivity contribution in [3.05, 3.63) is 136 Å². The van der Waals surface area contributed by atoms with Gasteiger partial charge >= 0.3 is 0 Å². The van der Waals surface area contributed by atoms with Crippen molar-refractivity contribution in [3.63, 3.8) is 0 Å². The van der Waals surface area contributed by atoms with E-state index in [0.717, 1.165) is 23.9 Å². The third-order valence-corrected chi connectivity index (χ3v) is 7.61. The van der Waals surface area contributed by atoms with Gasteiger partial charge < -0.3 is 0 Å². The molecule has 1 aromatic heterocycles. The Morgan fingerprint density at radius 1 is 0.571 bits per heavy atom. The first-order valence-electron chi connectivity index (χ1n) is 12.3. The molecule has 2 aliphatic rings. The van der Waals surface area contributed by atoms with Gasteiger partial charge in [-0.2, -0.15) is 0 Å². The van der Waals surface area contributed by atoms with Crippen LogP contribution in [0.3, 0.4) is 0 Å². The highest BCUT2D eigenvalue weighted by Gasteiger charge is 2.51. The monoisotopic (exact) mass is 451 g/mol. The Morgan fingerprint density at radius 3 is 1.77 bits per heavy atom. The van der Waals surface area contributed by atoms with Crippen LogP contribution in [0.1, 0.15) is 52.2 Å². The van der Waals surface area contributed by atoms with Gasteiger partial charge in [0.2, 0.25) is 0 Å². The SMILES string of the molecule is CCc1nc(C)nc(Cc2cccc3c2-c2ccccc2C32c3ccccc3-c3ccccc32)n1. The molecule has 0 atom stereocenters. The van der Waals surface area contributed by atoms with Crippen molar-refractivity contribution in [2.45, 2.75) is 32.1 Å². The highest BCUT2D eigenvalue weighted by atomic mass is 15.0. The third-order valence-electron chi connectivity index (χ3n) is 7.61. The van der Waals surface area contributed by atoms with Crippen LogP contribution in [0.4, 0.5) is 0 Å². The summed E-state index contributed by atoms with van der Waals surface area (Å²) in [4.78, 5) is 14.0. The minimum Gasteiger partial charge on any atom is -0.218 e. The summed E-state index contributed by atoms with van der Waals surface area (Å²) in [5, 5.41) is 0. The number of aryl methyl sites for hydroxylation is 2. The molecule has 2 aliphatic carbocycles. The number of fused-ring (bicyclic) bond motifs is 10. The molecular weight excluding hydrogens is 426 g/mol. The molecule has 0 saturated carbocycles. The van der Waals surface area contributed by atoms with Gasteiger partial charge in [-0.1, -0.05) is 97.9 Å². The molecule has 5 aromatic rings. The van der Waals surface area contributed by atoms with E-state index in [1.165, 1.54) is 50.1 Å². The molecule has 0 N–H and O–H groups in total. The summed E-state index contributed by atoms with van der Waals surface area (Å²) in [6.45, 7) is 4.05. The van der Waals surface area contributed by atoms with E-state index < -0.39 is 0 Å². The predicted molar refractivity (Wildman–Crippen MR) is 139 cm³/mol. The Balaban J connectivity index is 1.53. The van der Waals surface area contributed by atoms with E-state index >= 15 is 0 Å². The number of hydrogen-bond acceptors (Lipinski definition) is 3. The topological polar surface area (TPSA) is 38.7 Å². The van der Waals surface area contributed by atoms with Gasteiger partial charge in [-0.15, -0.1) is 0 Å². The summed E-state index contributed by atoms with van der Waals surface area (Å²) < 4.78 is 0. The summed E-state index contributed by atoms with van der Waals surface area (Å²) in [6.07, 6.45) is 1.50. The average molecular weight is 452 g/mol. The second-order valence-corrected chi connectivity index (χ2v) is 9.47. The normalized spacial score (nSPS) is 13.9. The highest BCUT2D eigenvalue weighted by molar-refractivity contribution is 5.95. The van der Waals surface area contributed by atoms with E-state index in [0.29, 0.717) is 6.42 Å². The maximum absolute atomic E-state index is 4.77. The van der Waals surface area contributed by atoms with Crippen molar-refractivity contribution in [1.82, 2.24) is 15.0 Å². The zero-order valence-electron chi connectivity index (χ0n) is 19.9. The van der Waals surface area contributed by atoms with Crippen LogP contribution in [0.15, 0.2) is 91.0 Å². The fraction of sp³-hybridized carbons (Fsp3) is 0.156. The van der Waals surface area contributed by atoms with Crippen LogP contribution in [0.5, 0.6) is 0 Å². The molecule has 3 heteroatoms. The maximum Gasteiger partial charge on any atom is 0.137 e. The van der Waals surface area contributed by atoms with E-state index in [4.69, 9.17) is 9.97 Å². The molecule has 7 rings (SSSR count). The lowest BCUT2D eigenvalue weighted by molar-refractivity contribution is 0.790. The molecule has 1 heterocycles. The molecule has 3 nitrogen and oxygen atoms in total. The van der Waals surface area contributed by atoms with Crippen LogP contribution in [-0.2, 0) is 18.3 Å². The Bertz CT molecular complexity index is 1590. The fourth-order valence-electron chi connectivity index (χ4n) is 6.37. The van der Waals surface area contributed by atoms with E-state index in [-0.39, 0.29) is 5.41 Å². The Labute approximate surface area is 205 Å². The third kappa shape index (κ3) is 2.69. The largest absolute Gasteiger partial charge is 0.218 e. The van der Waals surface area contributed by atoms with Crippen molar-refractivity contribution in [3.8, 4) is 22.3 Å². The van der Waals surface area contributed by atoms with Gasteiger partial charge in [0, 0.05) is 12.8 Å². The Hall–Kier alpha value is -4.11. The minimum atomic E-state index is -0.307. The standard InChI is InChI=1S/C32H25N3/c1-3-29-33-20(2)34-30(35-29)19-21-11-10-18-28-31(21)24-14-6-9-17-27(24)32(28)25-15-7-4-12-22(25)23-13-5-8-16-26(23)32/h4-18H,3,19H2,1-2H3. The van der Waals surface area contributed by atoms with Crippen LogP contribution >= 0.6 is 0 Å². The van der Waals surface area contributed by atoms with E-state index in [2.05, 4.69) is 103 Å². The zero-order chi connectivity index (χ0) is 23.6. The van der Waals surface area contributed by atoms with Crippen LogP contribution in [0.25, 0.3) is 22.3 Å². The quantitative estimate of drug-likeness (QED) is 0.301. The second kappa shape index (κ2) is 7.44. The summed E-state index contributed by atoms with van der Waals surface area (Å²) in [5.41, 5.74) is 11.7. The van der Waals surface area contributed by atoms with Gasteiger partial charge in [-0.05, 0) is 57.0 Å². The molecule has 0 radical (unpaired) electrons. The second-order valence-electron chi connectivity index (χ2n) is 9.47. The first-order chi connectivity index (χ1) is 17.2. The summed E-state index contributed by atoms with van der Waals surface area (Å²) in [5.74, 6) is 2.49. The number of benzene rings is 4. The lowest BCUT2D eigenvalue weighted by atomic mass is 9.70. The first kappa shape index (κ1) is 20.3. The van der Waals surface area contributed by atoms with E-state index in [1.807, 2.05) is 6.92 Å². The van der Waals surface area contributed by atoms with Crippen LogP contribution in [0, 0.1) is 6.92 Å². The lowest BCUT2D eigenvalue weighted by Gasteiger charge is -2.30. The van der Waals surface area contributed by atoms with Gasteiger partial charge in [-0.3, -0.25) is 0 Å². The predicted octanol–water partition coefficient (Wildman–Crippen LogP) is 6.68. The molecule has 1 spiro atoms. The molecule has 4 aromatic carbocycles. The van der Waals surface area contributed by atoms with Crippen LogP contribution in [-0.4, -0.2) is 15.0 Å². The van der Waals surface area contributed by atoms with Crippen molar-refractivity contribution in [2.24, 2.45) is 0 Å². The molecule has 0 amide bonds. The van der Waals surface area contributed by atoms with Gasteiger partial charge in [0.15, 0.2) is 0 Å². The van der Waals surface area contributed by atoms with Crippen LogP contribution in [0.2, 0.25) is 0 Å². The number of nitrogens with zero attached hydrogens (tertiary/aromatic N) is 3. The minimum absolute atomic E-state index is 0.307. The van der Waals surface area contributed by atoms with Gasteiger partial charge in [0.1, 0.15) is 17.5 Å². The van der Waals surface area contributed by atoms with E-state index in [9.17, 15) is 0 Å². The lowest BCUT2D eigenvalue weighted by Crippen LogP contribution is -2.25. The van der Waals surface area contributed by atoms with Gasteiger partial charge in [0.25, 0.3) is 0 Å². The Morgan fingerprint density at radius 2 is 1.11 bits per heavy atom. The molecule has 168 valence electrons. The molecule has 0 unspecified atom stereocenters. The van der Waals surface area contributed by atoms with Crippen molar-refractivity contribution >= 4 is 0 Å². The molecular formula is C32H25N3. The summed E-state index contributed by atoms with van der Waals surface area (Å²) in [7, 11) is 0. The van der Waals surface area contributed by atoms with Crippen molar-refractivity contribution < 1.29 is 0 Å².